The van der Waals surface area contributed by atoms with Gasteiger partial charge in [0.15, 0.2) is 11.5 Å². The second kappa shape index (κ2) is 10.7. The Labute approximate surface area is 171 Å². The monoisotopic (exact) mass is 405 g/mol. The Hall–Kier alpha value is -2.77. The lowest BCUT2D eigenvalue weighted by atomic mass is 10.1. The number of hydrogen-bond donors (Lipinski definition) is 2. The third-order valence-corrected chi connectivity index (χ3v) is 4.94. The van der Waals surface area contributed by atoms with E-state index in [9.17, 15) is 14.4 Å². The predicted molar refractivity (Wildman–Crippen MR) is 110 cm³/mol. The van der Waals surface area contributed by atoms with Crippen LogP contribution in [-0.4, -0.2) is 56.0 Å². The standard InChI is InChI=1S/C21H31N3O5/c1-14(22-15(2)25)20(26)23-17-12-16(13-18(28-3)19(17)29-4)21(27)24-10-8-6-5-7-9-11-24/h12-14H,5-11H2,1-4H3,(H,22,25)(H,23,26)/t14-/m0/s1. The van der Waals surface area contributed by atoms with Crippen molar-refractivity contribution in [3.63, 3.8) is 0 Å². The van der Waals surface area contributed by atoms with Gasteiger partial charge in [-0.2, -0.15) is 0 Å². The third-order valence-electron chi connectivity index (χ3n) is 4.94. The molecule has 0 spiro atoms. The number of benzene rings is 1. The highest BCUT2D eigenvalue weighted by Gasteiger charge is 2.23. The van der Waals surface area contributed by atoms with Crippen molar-refractivity contribution in [1.29, 1.82) is 0 Å². The van der Waals surface area contributed by atoms with Crippen LogP contribution in [0.2, 0.25) is 0 Å². The predicted octanol–water partition coefficient (Wildman–Crippen LogP) is 2.57. The molecule has 1 fully saturated rings. The Morgan fingerprint density at radius 2 is 1.62 bits per heavy atom. The fraction of sp³-hybridized carbons (Fsp3) is 0.571. The molecule has 0 bridgehead atoms. The number of carbonyl (C=O) groups excluding carboxylic acids is 3. The molecule has 2 N–H and O–H groups in total. The number of carbonyl (C=O) groups is 3. The van der Waals surface area contributed by atoms with Gasteiger partial charge in [0.1, 0.15) is 6.04 Å². The average molecular weight is 405 g/mol. The number of rotatable bonds is 6. The highest BCUT2D eigenvalue weighted by molar-refractivity contribution is 6.01. The topological polar surface area (TPSA) is 97.0 Å². The second-order valence-electron chi connectivity index (χ2n) is 7.23. The fourth-order valence-corrected chi connectivity index (χ4v) is 3.43. The van der Waals surface area contributed by atoms with Crippen LogP contribution in [0.1, 0.15) is 56.3 Å². The van der Waals surface area contributed by atoms with Crippen LogP contribution in [-0.2, 0) is 9.59 Å². The molecule has 1 aliphatic heterocycles. The molecular weight excluding hydrogens is 374 g/mol. The van der Waals surface area contributed by atoms with E-state index in [0.29, 0.717) is 35.8 Å². The SMILES string of the molecule is COc1cc(C(=O)N2CCCCCCC2)cc(NC(=O)[C@H](C)NC(C)=O)c1OC. The lowest BCUT2D eigenvalue weighted by molar-refractivity contribution is -0.124. The maximum atomic E-state index is 13.1. The molecule has 1 aromatic rings. The maximum Gasteiger partial charge on any atom is 0.254 e. The molecule has 0 saturated carbocycles. The summed E-state index contributed by atoms with van der Waals surface area (Å²) >= 11 is 0. The highest BCUT2D eigenvalue weighted by atomic mass is 16.5. The van der Waals surface area contributed by atoms with E-state index in [2.05, 4.69) is 10.6 Å². The Balaban J connectivity index is 2.31. The van der Waals surface area contributed by atoms with Crippen LogP contribution in [0.15, 0.2) is 12.1 Å². The Morgan fingerprint density at radius 3 is 2.17 bits per heavy atom. The molecule has 1 atom stereocenters. The molecule has 2 rings (SSSR count). The summed E-state index contributed by atoms with van der Waals surface area (Å²) < 4.78 is 10.8. The summed E-state index contributed by atoms with van der Waals surface area (Å²) in [4.78, 5) is 38.6. The molecule has 8 nitrogen and oxygen atoms in total. The minimum Gasteiger partial charge on any atom is -0.493 e. The largest absolute Gasteiger partial charge is 0.493 e. The molecule has 0 unspecified atom stereocenters. The summed E-state index contributed by atoms with van der Waals surface area (Å²) in [6.07, 6.45) is 5.42. The lowest BCUT2D eigenvalue weighted by Crippen LogP contribution is -2.40. The van der Waals surface area contributed by atoms with Gasteiger partial charge in [0, 0.05) is 25.6 Å². The highest BCUT2D eigenvalue weighted by Crippen LogP contribution is 2.37. The van der Waals surface area contributed by atoms with Crippen LogP contribution in [0, 0.1) is 0 Å². The van der Waals surface area contributed by atoms with Gasteiger partial charge in [-0.15, -0.1) is 0 Å². The Kier molecular flexibility index (Phi) is 8.30. The van der Waals surface area contributed by atoms with Crippen molar-refractivity contribution in [2.75, 3.05) is 32.6 Å². The smallest absolute Gasteiger partial charge is 0.254 e. The van der Waals surface area contributed by atoms with Crippen molar-refractivity contribution in [3.05, 3.63) is 17.7 Å². The van der Waals surface area contributed by atoms with Crippen LogP contribution in [0.3, 0.4) is 0 Å². The average Bonchev–Trinajstić information content (AvgIpc) is 2.66. The van der Waals surface area contributed by atoms with Gasteiger partial charge in [0.2, 0.25) is 11.8 Å². The van der Waals surface area contributed by atoms with Crippen molar-refractivity contribution >= 4 is 23.4 Å². The first kappa shape index (κ1) is 22.5. The third kappa shape index (κ3) is 6.10. The number of amides is 3. The van der Waals surface area contributed by atoms with Crippen LogP contribution in [0.5, 0.6) is 11.5 Å². The van der Waals surface area contributed by atoms with Crippen molar-refractivity contribution < 1.29 is 23.9 Å². The zero-order valence-corrected chi connectivity index (χ0v) is 17.7. The molecular formula is C21H31N3O5. The van der Waals surface area contributed by atoms with E-state index in [-0.39, 0.29) is 11.8 Å². The summed E-state index contributed by atoms with van der Waals surface area (Å²) in [5, 5.41) is 5.27. The van der Waals surface area contributed by atoms with Gasteiger partial charge in [-0.25, -0.2) is 0 Å². The number of hydrogen-bond acceptors (Lipinski definition) is 5. The maximum absolute atomic E-state index is 13.1. The van der Waals surface area contributed by atoms with E-state index < -0.39 is 11.9 Å². The quantitative estimate of drug-likeness (QED) is 0.758. The van der Waals surface area contributed by atoms with E-state index in [1.807, 2.05) is 4.90 Å². The molecule has 0 radical (unpaired) electrons. The first-order valence-corrected chi connectivity index (χ1v) is 10.0. The molecule has 0 aliphatic carbocycles. The van der Waals surface area contributed by atoms with Gasteiger partial charge in [0.25, 0.3) is 5.91 Å². The van der Waals surface area contributed by atoms with Crippen molar-refractivity contribution in [2.24, 2.45) is 0 Å². The van der Waals surface area contributed by atoms with Crippen molar-refractivity contribution in [1.82, 2.24) is 10.2 Å². The molecule has 1 heterocycles. The van der Waals surface area contributed by atoms with Gasteiger partial charge in [-0.3, -0.25) is 14.4 Å². The summed E-state index contributed by atoms with van der Waals surface area (Å²) in [5.41, 5.74) is 0.746. The minimum atomic E-state index is -0.739. The first-order valence-electron chi connectivity index (χ1n) is 10.0. The van der Waals surface area contributed by atoms with E-state index in [1.165, 1.54) is 27.6 Å². The Bertz CT molecular complexity index is 742. The normalized spacial score (nSPS) is 15.5. The summed E-state index contributed by atoms with van der Waals surface area (Å²) in [7, 11) is 2.94. The molecule has 1 saturated heterocycles. The van der Waals surface area contributed by atoms with Gasteiger partial charge in [-0.1, -0.05) is 19.3 Å². The van der Waals surface area contributed by atoms with Gasteiger partial charge in [-0.05, 0) is 31.9 Å². The Morgan fingerprint density at radius 1 is 1.00 bits per heavy atom. The number of ether oxygens (including phenoxy) is 2. The minimum absolute atomic E-state index is 0.0988. The van der Waals surface area contributed by atoms with Crippen LogP contribution >= 0.6 is 0 Å². The van der Waals surface area contributed by atoms with E-state index in [4.69, 9.17) is 9.47 Å². The van der Waals surface area contributed by atoms with Crippen LogP contribution in [0.4, 0.5) is 5.69 Å². The van der Waals surface area contributed by atoms with Gasteiger partial charge >= 0.3 is 0 Å². The van der Waals surface area contributed by atoms with E-state index >= 15 is 0 Å². The van der Waals surface area contributed by atoms with Gasteiger partial charge in [0.05, 0.1) is 19.9 Å². The number of nitrogens with zero attached hydrogens (tertiary/aromatic N) is 1. The van der Waals surface area contributed by atoms with Crippen LogP contribution < -0.4 is 20.1 Å². The molecule has 0 aromatic heterocycles. The molecule has 1 aromatic carbocycles. The zero-order chi connectivity index (χ0) is 21.4. The molecule has 8 heteroatoms. The summed E-state index contributed by atoms with van der Waals surface area (Å²) in [6, 6.07) is 2.49. The lowest BCUT2D eigenvalue weighted by Gasteiger charge is -2.25. The van der Waals surface area contributed by atoms with E-state index in [1.54, 1.807) is 19.1 Å². The first-order chi connectivity index (χ1) is 13.9. The zero-order valence-electron chi connectivity index (χ0n) is 17.7. The van der Waals surface area contributed by atoms with Crippen LogP contribution in [0.25, 0.3) is 0 Å². The summed E-state index contributed by atoms with van der Waals surface area (Å²) in [5.74, 6) is -0.152. The van der Waals surface area contributed by atoms with Crippen molar-refractivity contribution in [3.8, 4) is 11.5 Å². The van der Waals surface area contributed by atoms with E-state index in [0.717, 1.165) is 25.7 Å². The second-order valence-corrected chi connectivity index (χ2v) is 7.23. The van der Waals surface area contributed by atoms with Crippen molar-refractivity contribution in [2.45, 2.75) is 52.0 Å². The molecule has 29 heavy (non-hydrogen) atoms. The van der Waals surface area contributed by atoms with Gasteiger partial charge < -0.3 is 25.0 Å². The molecule has 3 amide bonds. The fourth-order valence-electron chi connectivity index (χ4n) is 3.43. The summed E-state index contributed by atoms with van der Waals surface area (Å²) in [6.45, 7) is 4.36. The number of methoxy groups -OCH3 is 2. The number of nitrogens with one attached hydrogen (secondary N) is 2. The molecule has 160 valence electrons. The number of likely N-dealkylation sites (tertiary alicyclic amines) is 1. The number of anilines is 1. The molecule has 1 aliphatic rings.